The number of amides is 1. The number of nitrogens with one attached hydrogen (secondary N) is 2. The number of aliphatic hydroxyl groups excluding tert-OH is 3. The van der Waals surface area contributed by atoms with Crippen LogP contribution in [0.4, 0.5) is 5.82 Å². The summed E-state index contributed by atoms with van der Waals surface area (Å²) in [5.74, 6) is 1.51. The number of hydrogen-bond acceptors (Lipinski definition) is 12. The minimum absolute atomic E-state index is 0.132. The highest BCUT2D eigenvalue weighted by atomic mass is 16.6. The highest BCUT2D eigenvalue weighted by molar-refractivity contribution is 5.82. The fraction of sp³-hybridized carbons (Fsp3) is 0.500. The lowest BCUT2D eigenvalue weighted by molar-refractivity contribution is -0.120. The Morgan fingerprint density at radius 3 is 2.61 bits per heavy atom. The topological polar surface area (TPSA) is 182 Å². The number of ether oxygens (including phenoxy) is 4. The van der Waals surface area contributed by atoms with Crippen molar-refractivity contribution >= 4 is 22.9 Å². The summed E-state index contributed by atoms with van der Waals surface area (Å²) < 4.78 is 23.1. The van der Waals surface area contributed by atoms with Crippen molar-refractivity contribution in [1.29, 1.82) is 0 Å². The Morgan fingerprint density at radius 2 is 1.87 bits per heavy atom. The van der Waals surface area contributed by atoms with E-state index >= 15 is 0 Å². The lowest BCUT2D eigenvalue weighted by atomic mass is 10.1. The fourth-order valence-corrected chi connectivity index (χ4v) is 4.12. The molecule has 1 saturated heterocycles. The van der Waals surface area contributed by atoms with Gasteiger partial charge in [0, 0.05) is 13.1 Å². The summed E-state index contributed by atoms with van der Waals surface area (Å²) in [5, 5.41) is 35.6. The number of anilines is 1. The third-order valence-electron chi connectivity index (χ3n) is 6.07. The predicted molar refractivity (Wildman–Crippen MR) is 134 cm³/mol. The summed E-state index contributed by atoms with van der Waals surface area (Å²) in [7, 11) is 3.10. The van der Waals surface area contributed by atoms with Crippen LogP contribution >= 0.6 is 0 Å². The van der Waals surface area contributed by atoms with Crippen molar-refractivity contribution in [2.24, 2.45) is 0 Å². The lowest BCUT2D eigenvalue weighted by Gasteiger charge is -2.16. The van der Waals surface area contributed by atoms with E-state index in [9.17, 15) is 20.1 Å². The molecule has 3 aromatic rings. The van der Waals surface area contributed by atoms with Gasteiger partial charge in [0.25, 0.3) is 0 Å². The van der Waals surface area contributed by atoms with E-state index in [1.807, 2.05) is 6.07 Å². The van der Waals surface area contributed by atoms with E-state index < -0.39 is 31.1 Å². The number of methoxy groups -OCH3 is 2. The molecule has 4 rings (SSSR count). The van der Waals surface area contributed by atoms with Crippen molar-refractivity contribution in [2.75, 3.05) is 52.4 Å². The Labute approximate surface area is 218 Å². The van der Waals surface area contributed by atoms with Crippen LogP contribution < -0.4 is 20.1 Å². The van der Waals surface area contributed by atoms with Gasteiger partial charge < -0.3 is 44.9 Å². The first-order valence-corrected chi connectivity index (χ1v) is 12.1. The number of hydrogen-bond donors (Lipinski definition) is 5. The molecule has 0 spiro atoms. The van der Waals surface area contributed by atoms with Gasteiger partial charge in [0.1, 0.15) is 24.6 Å². The maximum absolute atomic E-state index is 12.2. The summed E-state index contributed by atoms with van der Waals surface area (Å²) in [6.07, 6.45) is -1.33. The van der Waals surface area contributed by atoms with E-state index in [-0.39, 0.29) is 12.3 Å². The van der Waals surface area contributed by atoms with Crippen molar-refractivity contribution in [2.45, 2.75) is 31.0 Å². The number of aromatic nitrogens is 4. The number of imidazole rings is 1. The van der Waals surface area contributed by atoms with E-state index in [1.54, 1.807) is 26.4 Å². The van der Waals surface area contributed by atoms with Gasteiger partial charge in [0.05, 0.1) is 46.8 Å². The van der Waals surface area contributed by atoms with Gasteiger partial charge in [-0.15, -0.1) is 0 Å². The molecule has 0 saturated carbocycles. The van der Waals surface area contributed by atoms with Crippen LogP contribution in [0.3, 0.4) is 0 Å². The van der Waals surface area contributed by atoms with Crippen LogP contribution in [0.2, 0.25) is 0 Å². The predicted octanol–water partition coefficient (Wildman–Crippen LogP) is -0.758. The largest absolute Gasteiger partial charge is 0.493 e. The number of rotatable bonds is 13. The van der Waals surface area contributed by atoms with Gasteiger partial charge in [0.2, 0.25) is 5.91 Å². The maximum Gasteiger partial charge on any atom is 0.224 e. The lowest BCUT2D eigenvalue weighted by Crippen LogP contribution is -2.33. The number of benzene rings is 1. The van der Waals surface area contributed by atoms with Gasteiger partial charge in [0.15, 0.2) is 34.7 Å². The molecule has 0 unspecified atom stereocenters. The minimum atomic E-state index is -1.25. The van der Waals surface area contributed by atoms with E-state index in [4.69, 9.17) is 18.9 Å². The van der Waals surface area contributed by atoms with Crippen LogP contribution in [0.1, 0.15) is 11.8 Å². The molecule has 1 fully saturated rings. The van der Waals surface area contributed by atoms with Crippen molar-refractivity contribution in [3.05, 3.63) is 36.4 Å². The van der Waals surface area contributed by atoms with Gasteiger partial charge in [-0.2, -0.15) is 0 Å². The van der Waals surface area contributed by atoms with Crippen LogP contribution in [-0.4, -0.2) is 106 Å². The molecule has 5 N–H and O–H groups in total. The third kappa shape index (κ3) is 6.11. The zero-order valence-corrected chi connectivity index (χ0v) is 21.1. The molecule has 1 aliphatic rings. The molecule has 4 atom stereocenters. The van der Waals surface area contributed by atoms with Crippen molar-refractivity contribution < 1.29 is 39.1 Å². The molecule has 38 heavy (non-hydrogen) atoms. The Bertz CT molecular complexity index is 1220. The molecule has 2 aromatic heterocycles. The first-order chi connectivity index (χ1) is 18.5. The standard InChI is InChI=1S/C24H32N6O8/c1-35-15-4-3-14(9-16(15)36-2)10-18(32)25-5-7-37-8-6-26-22-19-23(28-12-27-22)30(13-29-19)24-21(34)20(33)17(11-31)38-24/h3-4,9,12-13,17,20-21,24,31,33-34H,5-8,10-11H2,1-2H3,(H,25,32)(H,26,27,28)/t17-,20-,21-,24-/m1/s1. The van der Waals surface area contributed by atoms with Crippen molar-refractivity contribution in [1.82, 2.24) is 24.8 Å². The average molecular weight is 533 g/mol. The van der Waals surface area contributed by atoms with Crippen LogP contribution in [0, 0.1) is 0 Å². The molecule has 3 heterocycles. The van der Waals surface area contributed by atoms with Gasteiger partial charge in [-0.3, -0.25) is 9.36 Å². The van der Waals surface area contributed by atoms with Crippen molar-refractivity contribution in [3.63, 3.8) is 0 Å². The zero-order chi connectivity index (χ0) is 27.1. The van der Waals surface area contributed by atoms with Gasteiger partial charge >= 0.3 is 0 Å². The number of carbonyl (C=O) groups is 1. The number of aliphatic hydroxyl groups is 3. The molecule has 14 heteroatoms. The highest BCUT2D eigenvalue weighted by Gasteiger charge is 2.44. The molecule has 0 radical (unpaired) electrons. The Balaban J connectivity index is 1.20. The van der Waals surface area contributed by atoms with Crippen LogP contribution in [0.25, 0.3) is 11.2 Å². The maximum atomic E-state index is 12.2. The average Bonchev–Trinajstić information content (AvgIpc) is 3.48. The summed E-state index contributed by atoms with van der Waals surface area (Å²) in [5.41, 5.74) is 1.66. The zero-order valence-electron chi connectivity index (χ0n) is 21.1. The summed E-state index contributed by atoms with van der Waals surface area (Å²) in [6.45, 7) is 1.04. The molecular formula is C24H32N6O8. The summed E-state index contributed by atoms with van der Waals surface area (Å²) >= 11 is 0. The van der Waals surface area contributed by atoms with Crippen molar-refractivity contribution in [3.8, 4) is 11.5 Å². The number of fused-ring (bicyclic) bond motifs is 1. The molecular weight excluding hydrogens is 500 g/mol. The Hall–Kier alpha value is -3.56. The SMILES string of the molecule is COc1ccc(CC(=O)NCCOCCNc2ncnc3c2ncn3[C@@H]2O[C@H](CO)[C@@H](O)[C@H]2O)cc1OC. The smallest absolute Gasteiger partial charge is 0.224 e. The van der Waals surface area contributed by atoms with Crippen LogP contribution in [0.5, 0.6) is 11.5 Å². The van der Waals surface area contributed by atoms with Crippen LogP contribution in [0.15, 0.2) is 30.9 Å². The molecule has 206 valence electrons. The van der Waals surface area contributed by atoms with E-state index in [0.717, 1.165) is 5.56 Å². The highest BCUT2D eigenvalue weighted by Crippen LogP contribution is 2.32. The first kappa shape index (κ1) is 27.5. The molecule has 1 amide bonds. The Kier molecular flexibility index (Phi) is 9.25. The Morgan fingerprint density at radius 1 is 1.08 bits per heavy atom. The second-order valence-electron chi connectivity index (χ2n) is 8.53. The first-order valence-electron chi connectivity index (χ1n) is 12.1. The second kappa shape index (κ2) is 12.8. The monoisotopic (exact) mass is 532 g/mol. The van der Waals surface area contributed by atoms with E-state index in [1.165, 1.54) is 17.2 Å². The molecule has 0 aliphatic carbocycles. The van der Waals surface area contributed by atoms with Crippen LogP contribution in [-0.2, 0) is 20.7 Å². The molecule has 14 nitrogen and oxygen atoms in total. The molecule has 0 bridgehead atoms. The molecule has 1 aromatic carbocycles. The number of nitrogens with zero attached hydrogens (tertiary/aromatic N) is 4. The van der Waals surface area contributed by atoms with Gasteiger partial charge in [-0.05, 0) is 17.7 Å². The van der Waals surface area contributed by atoms with E-state index in [2.05, 4.69) is 25.6 Å². The summed E-state index contributed by atoms with van der Waals surface area (Å²) in [6, 6.07) is 5.34. The fourth-order valence-electron chi connectivity index (χ4n) is 4.12. The normalized spacial score (nSPS) is 21.0. The second-order valence-corrected chi connectivity index (χ2v) is 8.53. The van der Waals surface area contributed by atoms with Gasteiger partial charge in [-0.25, -0.2) is 15.0 Å². The molecule has 1 aliphatic heterocycles. The van der Waals surface area contributed by atoms with E-state index in [0.29, 0.717) is 54.8 Å². The third-order valence-corrected chi connectivity index (χ3v) is 6.07. The quantitative estimate of drug-likeness (QED) is 0.174. The summed E-state index contributed by atoms with van der Waals surface area (Å²) in [4.78, 5) is 25.0. The number of carbonyl (C=O) groups excluding carboxylic acids is 1. The van der Waals surface area contributed by atoms with Gasteiger partial charge in [-0.1, -0.05) is 6.07 Å². The minimum Gasteiger partial charge on any atom is -0.493 e.